The minimum absolute atomic E-state index is 0.0446. The lowest BCUT2D eigenvalue weighted by molar-refractivity contribution is 0.0942. The van der Waals surface area contributed by atoms with E-state index in [1.54, 1.807) is 10.9 Å². The first-order chi connectivity index (χ1) is 6.09. The SMILES string of the molecule is CC1(C)CC1NC(=O)c1cscn1. The summed E-state index contributed by atoms with van der Waals surface area (Å²) in [5, 5.41) is 4.72. The Morgan fingerprint density at radius 1 is 1.77 bits per heavy atom. The predicted octanol–water partition coefficient (Wildman–Crippen LogP) is 1.67. The molecule has 13 heavy (non-hydrogen) atoms. The molecule has 1 heterocycles. The van der Waals surface area contributed by atoms with Crippen molar-refractivity contribution in [3.05, 3.63) is 16.6 Å². The number of carbonyl (C=O) groups excluding carboxylic acids is 1. The van der Waals surface area contributed by atoms with E-state index in [9.17, 15) is 4.79 Å². The standard InChI is InChI=1S/C9H12N2OS/c1-9(2)3-7(9)11-8(12)6-4-13-5-10-6/h4-5,7H,3H2,1-2H3,(H,11,12). The zero-order chi connectivity index (χ0) is 9.47. The van der Waals surface area contributed by atoms with Gasteiger partial charge in [0.1, 0.15) is 5.69 Å². The Balaban J connectivity index is 1.94. The average molecular weight is 196 g/mol. The molecule has 1 aromatic rings. The van der Waals surface area contributed by atoms with Gasteiger partial charge in [-0.25, -0.2) is 4.98 Å². The Bertz CT molecular complexity index is 318. The number of thiazole rings is 1. The van der Waals surface area contributed by atoms with E-state index in [2.05, 4.69) is 24.1 Å². The van der Waals surface area contributed by atoms with Crippen molar-refractivity contribution in [1.82, 2.24) is 10.3 Å². The molecule has 1 amide bonds. The molecule has 4 heteroatoms. The van der Waals surface area contributed by atoms with Crippen LogP contribution in [0.15, 0.2) is 10.9 Å². The first-order valence-corrected chi connectivity index (χ1v) is 5.23. The van der Waals surface area contributed by atoms with Gasteiger partial charge in [-0.1, -0.05) is 13.8 Å². The number of nitrogens with zero attached hydrogens (tertiary/aromatic N) is 1. The van der Waals surface area contributed by atoms with Crippen molar-refractivity contribution in [3.8, 4) is 0 Å². The highest BCUT2D eigenvalue weighted by Gasteiger charge is 2.46. The number of carbonyl (C=O) groups is 1. The van der Waals surface area contributed by atoms with Crippen LogP contribution in [0.1, 0.15) is 30.8 Å². The molecule has 3 nitrogen and oxygen atoms in total. The lowest BCUT2D eigenvalue weighted by atomic mass is 10.2. The highest BCUT2D eigenvalue weighted by Crippen LogP contribution is 2.44. The second-order valence-corrected chi connectivity index (χ2v) is 4.81. The third-order valence-electron chi connectivity index (χ3n) is 2.48. The van der Waals surface area contributed by atoms with Crippen LogP contribution in [0.2, 0.25) is 0 Å². The molecule has 1 N–H and O–H groups in total. The lowest BCUT2D eigenvalue weighted by Gasteiger charge is -2.04. The van der Waals surface area contributed by atoms with Crippen LogP contribution in [-0.4, -0.2) is 16.9 Å². The molecule has 1 unspecified atom stereocenters. The van der Waals surface area contributed by atoms with Gasteiger partial charge in [0.2, 0.25) is 0 Å². The molecule has 1 aliphatic rings. The quantitative estimate of drug-likeness (QED) is 0.781. The van der Waals surface area contributed by atoms with Gasteiger partial charge < -0.3 is 5.32 Å². The molecule has 0 saturated heterocycles. The number of nitrogens with one attached hydrogen (secondary N) is 1. The minimum Gasteiger partial charge on any atom is -0.347 e. The zero-order valence-corrected chi connectivity index (χ0v) is 8.52. The summed E-state index contributed by atoms with van der Waals surface area (Å²) in [5.41, 5.74) is 2.49. The Labute approximate surface area is 81.2 Å². The van der Waals surface area contributed by atoms with Crippen LogP contribution in [-0.2, 0) is 0 Å². The van der Waals surface area contributed by atoms with E-state index >= 15 is 0 Å². The molecule has 2 rings (SSSR count). The van der Waals surface area contributed by atoms with Crippen LogP contribution < -0.4 is 5.32 Å². The van der Waals surface area contributed by atoms with Crippen LogP contribution in [0, 0.1) is 5.41 Å². The molecule has 0 spiro atoms. The van der Waals surface area contributed by atoms with Gasteiger partial charge >= 0.3 is 0 Å². The number of aromatic nitrogens is 1. The topological polar surface area (TPSA) is 42.0 Å². The second-order valence-electron chi connectivity index (χ2n) is 4.09. The maximum absolute atomic E-state index is 11.5. The number of hydrogen-bond donors (Lipinski definition) is 1. The van der Waals surface area contributed by atoms with Crippen molar-refractivity contribution >= 4 is 17.2 Å². The Morgan fingerprint density at radius 2 is 2.46 bits per heavy atom. The molecule has 0 aliphatic heterocycles. The third kappa shape index (κ3) is 1.72. The van der Waals surface area contributed by atoms with Crippen molar-refractivity contribution < 1.29 is 4.79 Å². The van der Waals surface area contributed by atoms with Gasteiger partial charge in [0.25, 0.3) is 5.91 Å². The Morgan fingerprint density at radius 3 is 2.92 bits per heavy atom. The van der Waals surface area contributed by atoms with E-state index in [4.69, 9.17) is 0 Å². The number of hydrogen-bond acceptors (Lipinski definition) is 3. The molecule has 1 aliphatic carbocycles. The summed E-state index contributed by atoms with van der Waals surface area (Å²) in [6, 6.07) is 0.335. The summed E-state index contributed by atoms with van der Waals surface area (Å²) >= 11 is 1.44. The van der Waals surface area contributed by atoms with E-state index in [1.807, 2.05) is 0 Å². The summed E-state index contributed by atoms with van der Waals surface area (Å²) in [7, 11) is 0. The maximum atomic E-state index is 11.5. The summed E-state index contributed by atoms with van der Waals surface area (Å²) in [6.45, 7) is 4.30. The average Bonchev–Trinajstić information content (AvgIpc) is 2.58. The molecule has 1 saturated carbocycles. The van der Waals surface area contributed by atoms with E-state index < -0.39 is 0 Å². The zero-order valence-electron chi connectivity index (χ0n) is 7.70. The van der Waals surface area contributed by atoms with Gasteiger partial charge in [-0.3, -0.25) is 4.79 Å². The fraction of sp³-hybridized carbons (Fsp3) is 0.556. The highest BCUT2D eigenvalue weighted by atomic mass is 32.1. The van der Waals surface area contributed by atoms with Crippen molar-refractivity contribution in [2.45, 2.75) is 26.3 Å². The van der Waals surface area contributed by atoms with Gasteiger partial charge in [-0.15, -0.1) is 11.3 Å². The van der Waals surface area contributed by atoms with E-state index in [-0.39, 0.29) is 11.3 Å². The number of rotatable bonds is 2. The van der Waals surface area contributed by atoms with Crippen molar-refractivity contribution in [2.75, 3.05) is 0 Å². The smallest absolute Gasteiger partial charge is 0.270 e. The summed E-state index contributed by atoms with van der Waals surface area (Å²) < 4.78 is 0. The van der Waals surface area contributed by atoms with Crippen molar-refractivity contribution in [1.29, 1.82) is 0 Å². The third-order valence-corrected chi connectivity index (χ3v) is 3.07. The van der Waals surface area contributed by atoms with Crippen LogP contribution in [0.5, 0.6) is 0 Å². The maximum Gasteiger partial charge on any atom is 0.270 e. The fourth-order valence-corrected chi connectivity index (χ4v) is 1.80. The first-order valence-electron chi connectivity index (χ1n) is 4.29. The Kier molecular flexibility index (Phi) is 1.87. The van der Waals surface area contributed by atoms with Gasteiger partial charge in [0.15, 0.2) is 0 Å². The van der Waals surface area contributed by atoms with Gasteiger partial charge in [0.05, 0.1) is 5.51 Å². The molecular formula is C9H12N2OS. The van der Waals surface area contributed by atoms with Crippen LogP contribution in [0.25, 0.3) is 0 Å². The molecule has 1 aromatic heterocycles. The van der Waals surface area contributed by atoms with Crippen LogP contribution in [0.3, 0.4) is 0 Å². The van der Waals surface area contributed by atoms with E-state index in [0.29, 0.717) is 11.7 Å². The largest absolute Gasteiger partial charge is 0.347 e. The van der Waals surface area contributed by atoms with Gasteiger partial charge in [0, 0.05) is 11.4 Å². The van der Waals surface area contributed by atoms with Crippen LogP contribution >= 0.6 is 11.3 Å². The van der Waals surface area contributed by atoms with Crippen molar-refractivity contribution in [3.63, 3.8) is 0 Å². The molecule has 0 aromatic carbocycles. The normalized spacial score (nSPS) is 24.0. The molecular weight excluding hydrogens is 184 g/mol. The fourth-order valence-electron chi connectivity index (χ4n) is 1.27. The van der Waals surface area contributed by atoms with E-state index in [1.165, 1.54) is 11.3 Å². The molecule has 0 bridgehead atoms. The minimum atomic E-state index is -0.0446. The monoisotopic (exact) mass is 196 g/mol. The molecule has 1 atom stereocenters. The molecule has 1 fully saturated rings. The highest BCUT2D eigenvalue weighted by molar-refractivity contribution is 7.07. The Hall–Kier alpha value is -0.900. The number of amides is 1. The first kappa shape index (κ1) is 8.69. The summed E-state index contributed by atoms with van der Waals surface area (Å²) in [6.07, 6.45) is 1.07. The van der Waals surface area contributed by atoms with Crippen molar-refractivity contribution in [2.24, 2.45) is 5.41 Å². The van der Waals surface area contributed by atoms with Gasteiger partial charge in [-0.2, -0.15) is 0 Å². The lowest BCUT2D eigenvalue weighted by Crippen LogP contribution is -2.28. The predicted molar refractivity (Wildman–Crippen MR) is 51.8 cm³/mol. The second kappa shape index (κ2) is 2.80. The summed E-state index contributed by atoms with van der Waals surface area (Å²) in [5.74, 6) is -0.0446. The molecule has 70 valence electrons. The summed E-state index contributed by atoms with van der Waals surface area (Å²) in [4.78, 5) is 15.4. The van der Waals surface area contributed by atoms with Gasteiger partial charge in [-0.05, 0) is 11.8 Å². The van der Waals surface area contributed by atoms with E-state index in [0.717, 1.165) is 6.42 Å². The molecule has 0 radical (unpaired) electrons. The van der Waals surface area contributed by atoms with Crippen LogP contribution in [0.4, 0.5) is 0 Å².